The SMILES string of the molecule is O=C(/C=C/[C@@H](Oc1ccccc1)[C@H](O)c1ccc(O)cc1)NO. The lowest BCUT2D eigenvalue weighted by atomic mass is 10.0. The monoisotopic (exact) mass is 315 g/mol. The molecule has 0 radical (unpaired) electrons. The van der Waals surface area contributed by atoms with Crippen LogP contribution in [0.4, 0.5) is 0 Å². The van der Waals surface area contributed by atoms with Gasteiger partial charge < -0.3 is 14.9 Å². The zero-order chi connectivity index (χ0) is 16.7. The number of hydrogen-bond donors (Lipinski definition) is 4. The Morgan fingerprint density at radius 2 is 1.74 bits per heavy atom. The van der Waals surface area contributed by atoms with Gasteiger partial charge in [-0.15, -0.1) is 0 Å². The highest BCUT2D eigenvalue weighted by Gasteiger charge is 2.21. The van der Waals surface area contributed by atoms with E-state index in [9.17, 15) is 15.0 Å². The minimum absolute atomic E-state index is 0.0803. The Hall–Kier alpha value is -2.83. The van der Waals surface area contributed by atoms with Gasteiger partial charge in [-0.05, 0) is 35.9 Å². The maximum atomic E-state index is 11.2. The minimum Gasteiger partial charge on any atom is -0.508 e. The van der Waals surface area contributed by atoms with Gasteiger partial charge >= 0.3 is 0 Å². The molecule has 0 fully saturated rings. The van der Waals surface area contributed by atoms with E-state index < -0.39 is 18.1 Å². The van der Waals surface area contributed by atoms with Crippen LogP contribution in [0.15, 0.2) is 66.7 Å². The third kappa shape index (κ3) is 4.84. The van der Waals surface area contributed by atoms with Gasteiger partial charge in [0.05, 0.1) is 0 Å². The Kier molecular flexibility index (Phi) is 5.74. The normalized spacial score (nSPS) is 13.5. The number of phenols is 1. The third-order valence-corrected chi connectivity index (χ3v) is 3.11. The lowest BCUT2D eigenvalue weighted by Gasteiger charge is -2.22. The summed E-state index contributed by atoms with van der Waals surface area (Å²) in [7, 11) is 0. The summed E-state index contributed by atoms with van der Waals surface area (Å²) in [6.45, 7) is 0. The molecule has 0 heterocycles. The molecule has 0 aliphatic carbocycles. The predicted octanol–water partition coefficient (Wildman–Crippen LogP) is 1.93. The summed E-state index contributed by atoms with van der Waals surface area (Å²) in [4.78, 5) is 11.2. The number of carbonyl (C=O) groups is 1. The molecule has 2 rings (SSSR count). The highest BCUT2D eigenvalue weighted by molar-refractivity contribution is 5.86. The molecule has 0 unspecified atom stereocenters. The topological polar surface area (TPSA) is 99.0 Å². The molecule has 0 aromatic heterocycles. The van der Waals surface area contributed by atoms with E-state index in [4.69, 9.17) is 9.94 Å². The smallest absolute Gasteiger partial charge is 0.267 e. The molecule has 6 heteroatoms. The number of nitrogens with one attached hydrogen (secondary N) is 1. The van der Waals surface area contributed by atoms with Crippen LogP contribution in [0.1, 0.15) is 11.7 Å². The van der Waals surface area contributed by atoms with Gasteiger partial charge in [0, 0.05) is 6.08 Å². The average Bonchev–Trinajstić information content (AvgIpc) is 2.59. The van der Waals surface area contributed by atoms with Crippen LogP contribution in [-0.4, -0.2) is 27.4 Å². The van der Waals surface area contributed by atoms with E-state index in [2.05, 4.69) is 0 Å². The first-order chi connectivity index (χ1) is 11.1. The average molecular weight is 315 g/mol. The second kappa shape index (κ2) is 7.98. The second-order valence-corrected chi connectivity index (χ2v) is 4.77. The molecule has 1 amide bonds. The van der Waals surface area contributed by atoms with Gasteiger partial charge in [0.25, 0.3) is 5.91 Å². The Balaban J connectivity index is 2.22. The van der Waals surface area contributed by atoms with Crippen LogP contribution in [0.3, 0.4) is 0 Å². The number of phenolic OH excluding ortho intramolecular Hbond substituents is 1. The van der Waals surface area contributed by atoms with Crippen molar-refractivity contribution in [3.63, 3.8) is 0 Å². The minimum atomic E-state index is -1.07. The summed E-state index contributed by atoms with van der Waals surface area (Å²) >= 11 is 0. The first-order valence-corrected chi connectivity index (χ1v) is 6.91. The summed E-state index contributed by atoms with van der Waals surface area (Å²) in [5.74, 6) is -0.134. The van der Waals surface area contributed by atoms with Gasteiger partial charge in [-0.1, -0.05) is 30.3 Å². The largest absolute Gasteiger partial charge is 0.508 e. The molecule has 0 spiro atoms. The molecule has 2 aromatic carbocycles. The molecule has 2 aromatic rings. The molecule has 0 aliphatic heterocycles. The number of ether oxygens (including phenoxy) is 1. The van der Waals surface area contributed by atoms with E-state index in [1.807, 2.05) is 6.07 Å². The molecule has 4 N–H and O–H groups in total. The van der Waals surface area contributed by atoms with Crippen molar-refractivity contribution in [1.82, 2.24) is 5.48 Å². The van der Waals surface area contributed by atoms with E-state index in [0.717, 1.165) is 6.08 Å². The second-order valence-electron chi connectivity index (χ2n) is 4.77. The van der Waals surface area contributed by atoms with Gasteiger partial charge in [-0.3, -0.25) is 10.0 Å². The van der Waals surface area contributed by atoms with Crippen LogP contribution in [0.5, 0.6) is 11.5 Å². The molecule has 0 saturated carbocycles. The fourth-order valence-corrected chi connectivity index (χ4v) is 1.95. The molecule has 6 nitrogen and oxygen atoms in total. The fraction of sp³-hybridized carbons (Fsp3) is 0.118. The molecule has 23 heavy (non-hydrogen) atoms. The van der Waals surface area contributed by atoms with E-state index in [1.165, 1.54) is 23.7 Å². The number of hydrogen-bond acceptors (Lipinski definition) is 5. The van der Waals surface area contributed by atoms with E-state index in [-0.39, 0.29) is 5.75 Å². The van der Waals surface area contributed by atoms with Crippen LogP contribution < -0.4 is 10.2 Å². The number of para-hydroxylation sites is 1. The highest BCUT2D eigenvalue weighted by Crippen LogP contribution is 2.24. The number of amides is 1. The third-order valence-electron chi connectivity index (χ3n) is 3.11. The Bertz CT molecular complexity index is 654. The zero-order valence-electron chi connectivity index (χ0n) is 12.2. The van der Waals surface area contributed by atoms with Crippen molar-refractivity contribution < 1.29 is 25.0 Å². The Labute approximate surface area is 133 Å². The van der Waals surface area contributed by atoms with Crippen LogP contribution in [0.25, 0.3) is 0 Å². The summed E-state index contributed by atoms with van der Waals surface area (Å²) in [6.07, 6.45) is 0.477. The van der Waals surface area contributed by atoms with Gasteiger partial charge in [0.15, 0.2) is 0 Å². The van der Waals surface area contributed by atoms with Crippen molar-refractivity contribution in [2.75, 3.05) is 0 Å². The number of rotatable bonds is 6. The standard InChI is InChI=1S/C17H17NO5/c19-13-8-6-12(7-9-13)17(21)15(10-11-16(20)18-22)23-14-4-2-1-3-5-14/h1-11,15,17,19,21-22H,(H,18,20)/b11-10+/t15-,17-/m1/s1. The van der Waals surface area contributed by atoms with Crippen molar-refractivity contribution in [1.29, 1.82) is 0 Å². The number of aliphatic hydroxyl groups is 1. The van der Waals surface area contributed by atoms with Gasteiger partial charge in [-0.25, -0.2) is 5.48 Å². The molecule has 120 valence electrons. The lowest BCUT2D eigenvalue weighted by molar-refractivity contribution is -0.124. The summed E-state index contributed by atoms with van der Waals surface area (Å²) < 4.78 is 5.69. The quantitative estimate of drug-likeness (QED) is 0.371. The van der Waals surface area contributed by atoms with E-state index >= 15 is 0 Å². The van der Waals surface area contributed by atoms with E-state index in [0.29, 0.717) is 11.3 Å². The lowest BCUT2D eigenvalue weighted by Crippen LogP contribution is -2.24. The molecule has 0 saturated heterocycles. The number of aromatic hydroxyl groups is 1. The summed E-state index contributed by atoms with van der Waals surface area (Å²) in [6, 6.07) is 14.8. The van der Waals surface area contributed by atoms with Crippen molar-refractivity contribution in [2.24, 2.45) is 0 Å². The fourth-order valence-electron chi connectivity index (χ4n) is 1.95. The number of hydroxylamine groups is 1. The van der Waals surface area contributed by atoms with Crippen LogP contribution in [0, 0.1) is 0 Å². The number of carbonyl (C=O) groups excluding carboxylic acids is 1. The van der Waals surface area contributed by atoms with Gasteiger partial charge in [0.2, 0.25) is 0 Å². The molecule has 2 atom stereocenters. The Morgan fingerprint density at radius 3 is 2.35 bits per heavy atom. The number of aliphatic hydroxyl groups excluding tert-OH is 1. The van der Waals surface area contributed by atoms with Gasteiger partial charge in [0.1, 0.15) is 23.7 Å². The van der Waals surface area contributed by atoms with Gasteiger partial charge in [-0.2, -0.15) is 0 Å². The molecular formula is C17H17NO5. The molecule has 0 bridgehead atoms. The van der Waals surface area contributed by atoms with Crippen molar-refractivity contribution in [3.05, 3.63) is 72.3 Å². The first kappa shape index (κ1) is 16.5. The predicted molar refractivity (Wildman–Crippen MR) is 83.0 cm³/mol. The van der Waals surface area contributed by atoms with E-state index in [1.54, 1.807) is 36.4 Å². The zero-order valence-corrected chi connectivity index (χ0v) is 12.2. The van der Waals surface area contributed by atoms with Crippen molar-refractivity contribution >= 4 is 5.91 Å². The maximum Gasteiger partial charge on any atom is 0.267 e. The maximum absolute atomic E-state index is 11.2. The van der Waals surface area contributed by atoms with Crippen molar-refractivity contribution in [2.45, 2.75) is 12.2 Å². The molecular weight excluding hydrogens is 298 g/mol. The number of benzene rings is 2. The Morgan fingerprint density at radius 1 is 1.09 bits per heavy atom. The summed E-state index contributed by atoms with van der Waals surface area (Å²) in [5, 5.41) is 28.3. The summed E-state index contributed by atoms with van der Waals surface area (Å²) in [5.41, 5.74) is 1.99. The van der Waals surface area contributed by atoms with Crippen molar-refractivity contribution in [3.8, 4) is 11.5 Å². The van der Waals surface area contributed by atoms with Crippen LogP contribution in [-0.2, 0) is 4.79 Å². The molecule has 0 aliphatic rings. The highest BCUT2D eigenvalue weighted by atomic mass is 16.5. The van der Waals surface area contributed by atoms with Crippen LogP contribution in [0.2, 0.25) is 0 Å². The first-order valence-electron chi connectivity index (χ1n) is 6.91. The van der Waals surface area contributed by atoms with Crippen LogP contribution >= 0.6 is 0 Å².